The largest absolute Gasteiger partial charge is 0.476 e. The second kappa shape index (κ2) is 11.8. The molecule has 0 aliphatic heterocycles. The van der Waals surface area contributed by atoms with Gasteiger partial charge in [0.15, 0.2) is 0 Å². The first kappa shape index (κ1) is 23.1. The van der Waals surface area contributed by atoms with Gasteiger partial charge in [-0.25, -0.2) is 9.59 Å². The highest BCUT2D eigenvalue weighted by Gasteiger charge is 2.11. The Labute approximate surface area is 177 Å². The standard InChI is InChI=1S/C24H29FN2O3/c1-3-4-5-6-7-15-26-24(30)27(2)21-10-8-9-20(17-21)19-13-11-18(12-14-19)16-22(25)23(28)29/h8-14,16-17H,3-7,15H2,1-2H3,(H,26,30)(H,28,29)/b22-16+. The Kier molecular flexibility index (Phi) is 9.06. The number of unbranched alkanes of at least 4 members (excludes halogenated alkanes) is 4. The maximum atomic E-state index is 13.2. The van der Waals surface area contributed by atoms with Crippen LogP contribution in [-0.4, -0.2) is 30.7 Å². The molecule has 160 valence electrons. The molecule has 0 aliphatic rings. The molecule has 6 heteroatoms. The van der Waals surface area contributed by atoms with Crippen LogP contribution in [0.25, 0.3) is 17.2 Å². The molecular weight excluding hydrogens is 383 g/mol. The lowest BCUT2D eigenvalue weighted by Gasteiger charge is -2.19. The Balaban J connectivity index is 2.00. The van der Waals surface area contributed by atoms with Crippen molar-refractivity contribution in [3.63, 3.8) is 0 Å². The molecule has 0 spiro atoms. The average molecular weight is 413 g/mol. The van der Waals surface area contributed by atoms with Crippen molar-refractivity contribution in [3.8, 4) is 11.1 Å². The fraction of sp³-hybridized carbons (Fsp3) is 0.333. The first-order valence-electron chi connectivity index (χ1n) is 10.2. The topological polar surface area (TPSA) is 69.6 Å². The number of anilines is 1. The summed E-state index contributed by atoms with van der Waals surface area (Å²) in [7, 11) is 1.73. The van der Waals surface area contributed by atoms with E-state index >= 15 is 0 Å². The summed E-state index contributed by atoms with van der Waals surface area (Å²) in [5, 5.41) is 11.6. The molecule has 0 unspecified atom stereocenters. The smallest absolute Gasteiger partial charge is 0.364 e. The highest BCUT2D eigenvalue weighted by molar-refractivity contribution is 5.92. The van der Waals surface area contributed by atoms with Crippen LogP contribution in [0.5, 0.6) is 0 Å². The van der Waals surface area contributed by atoms with E-state index in [1.54, 1.807) is 36.2 Å². The fourth-order valence-corrected chi connectivity index (χ4v) is 3.03. The van der Waals surface area contributed by atoms with Crippen molar-refractivity contribution < 1.29 is 19.1 Å². The summed E-state index contributed by atoms with van der Waals surface area (Å²) >= 11 is 0. The third kappa shape index (κ3) is 7.03. The van der Waals surface area contributed by atoms with Gasteiger partial charge in [0.1, 0.15) is 0 Å². The van der Waals surface area contributed by atoms with E-state index in [1.807, 2.05) is 24.3 Å². The van der Waals surface area contributed by atoms with E-state index in [1.165, 1.54) is 19.3 Å². The number of carboxylic acid groups (broad SMARTS) is 1. The van der Waals surface area contributed by atoms with E-state index in [0.717, 1.165) is 35.7 Å². The zero-order chi connectivity index (χ0) is 21.9. The monoisotopic (exact) mass is 412 g/mol. The quantitative estimate of drug-likeness (QED) is 0.379. The SMILES string of the molecule is CCCCCCCNC(=O)N(C)c1cccc(-c2ccc(/C=C(/F)C(=O)O)cc2)c1. The third-order valence-corrected chi connectivity index (χ3v) is 4.84. The van der Waals surface area contributed by atoms with Crippen LogP contribution >= 0.6 is 0 Å². The van der Waals surface area contributed by atoms with Crippen molar-refractivity contribution in [3.05, 3.63) is 59.9 Å². The number of nitrogens with one attached hydrogen (secondary N) is 1. The van der Waals surface area contributed by atoms with Gasteiger partial charge in [0.25, 0.3) is 0 Å². The van der Waals surface area contributed by atoms with Crippen molar-refractivity contribution in [1.29, 1.82) is 0 Å². The minimum Gasteiger partial charge on any atom is -0.476 e. The Hall–Kier alpha value is -3.15. The number of halogens is 1. The van der Waals surface area contributed by atoms with Gasteiger partial charge >= 0.3 is 12.0 Å². The maximum absolute atomic E-state index is 13.2. The number of rotatable bonds is 10. The van der Waals surface area contributed by atoms with Gasteiger partial charge in [-0.2, -0.15) is 4.39 Å². The second-order valence-electron chi connectivity index (χ2n) is 7.17. The van der Waals surface area contributed by atoms with Crippen LogP contribution in [0.4, 0.5) is 14.9 Å². The summed E-state index contributed by atoms with van der Waals surface area (Å²) in [4.78, 5) is 24.6. The molecule has 5 nitrogen and oxygen atoms in total. The molecule has 30 heavy (non-hydrogen) atoms. The van der Waals surface area contributed by atoms with E-state index in [4.69, 9.17) is 5.11 Å². The molecule has 2 N–H and O–H groups in total. The number of nitrogens with zero attached hydrogens (tertiary/aromatic N) is 1. The molecule has 0 fully saturated rings. The average Bonchev–Trinajstić information content (AvgIpc) is 2.76. The first-order valence-corrected chi connectivity index (χ1v) is 10.2. The first-order chi connectivity index (χ1) is 14.4. The van der Waals surface area contributed by atoms with Crippen molar-refractivity contribution in [2.24, 2.45) is 0 Å². The summed E-state index contributed by atoms with van der Waals surface area (Å²) in [6, 6.07) is 14.3. The minimum absolute atomic E-state index is 0.146. The van der Waals surface area contributed by atoms with Crippen molar-refractivity contribution >= 4 is 23.8 Å². The molecule has 0 saturated heterocycles. The van der Waals surface area contributed by atoms with Gasteiger partial charge in [0.05, 0.1) is 0 Å². The van der Waals surface area contributed by atoms with Crippen LogP contribution in [0.2, 0.25) is 0 Å². The predicted molar refractivity (Wildman–Crippen MR) is 119 cm³/mol. The van der Waals surface area contributed by atoms with Gasteiger partial charge in [0.2, 0.25) is 5.83 Å². The number of amides is 2. The fourth-order valence-electron chi connectivity index (χ4n) is 3.03. The highest BCUT2D eigenvalue weighted by Crippen LogP contribution is 2.25. The lowest BCUT2D eigenvalue weighted by Crippen LogP contribution is -2.37. The molecule has 2 aromatic carbocycles. The summed E-state index contributed by atoms with van der Waals surface area (Å²) < 4.78 is 13.2. The van der Waals surface area contributed by atoms with Crippen LogP contribution in [0.3, 0.4) is 0 Å². The second-order valence-corrected chi connectivity index (χ2v) is 7.17. The van der Waals surface area contributed by atoms with E-state index in [2.05, 4.69) is 12.2 Å². The van der Waals surface area contributed by atoms with Gasteiger partial charge in [-0.15, -0.1) is 0 Å². The third-order valence-electron chi connectivity index (χ3n) is 4.84. The number of hydrogen-bond donors (Lipinski definition) is 2. The summed E-state index contributed by atoms with van der Waals surface area (Å²) in [5.74, 6) is -2.79. The van der Waals surface area contributed by atoms with Gasteiger partial charge in [-0.1, -0.05) is 69.0 Å². The summed E-state index contributed by atoms with van der Waals surface area (Å²) in [6.07, 6.45) is 6.69. The van der Waals surface area contributed by atoms with Crippen molar-refractivity contribution in [2.75, 3.05) is 18.5 Å². The number of benzene rings is 2. The number of carbonyl (C=O) groups excluding carboxylic acids is 1. The van der Waals surface area contributed by atoms with E-state index in [0.29, 0.717) is 12.1 Å². The molecule has 2 amide bonds. The number of carbonyl (C=O) groups is 2. The molecule has 0 radical (unpaired) electrons. The predicted octanol–water partition coefficient (Wildman–Crippen LogP) is 5.86. The number of aliphatic carboxylic acids is 1. The molecule has 2 rings (SSSR count). The summed E-state index contributed by atoms with van der Waals surface area (Å²) in [5.41, 5.74) is 3.01. The number of urea groups is 1. The van der Waals surface area contributed by atoms with Crippen LogP contribution in [0.1, 0.15) is 44.6 Å². The zero-order valence-electron chi connectivity index (χ0n) is 17.5. The molecule has 0 aromatic heterocycles. The Morgan fingerprint density at radius 1 is 1.03 bits per heavy atom. The normalized spacial score (nSPS) is 11.2. The van der Waals surface area contributed by atoms with Crippen molar-refractivity contribution in [1.82, 2.24) is 5.32 Å². The molecule has 0 heterocycles. The van der Waals surface area contributed by atoms with Gasteiger partial charge < -0.3 is 10.4 Å². The molecule has 2 aromatic rings. The lowest BCUT2D eigenvalue weighted by molar-refractivity contribution is -0.134. The molecular formula is C24H29FN2O3. The van der Waals surface area contributed by atoms with Gasteiger partial charge in [0, 0.05) is 19.3 Å². The van der Waals surface area contributed by atoms with Crippen molar-refractivity contribution in [2.45, 2.75) is 39.0 Å². The zero-order valence-corrected chi connectivity index (χ0v) is 17.5. The van der Waals surface area contributed by atoms with Crippen LogP contribution < -0.4 is 10.2 Å². The maximum Gasteiger partial charge on any atom is 0.364 e. The van der Waals surface area contributed by atoms with E-state index in [9.17, 15) is 14.0 Å². The Morgan fingerprint density at radius 3 is 2.40 bits per heavy atom. The number of hydrogen-bond acceptors (Lipinski definition) is 2. The number of carboxylic acids is 1. The van der Waals surface area contributed by atoms with Crippen LogP contribution in [-0.2, 0) is 4.79 Å². The molecule has 0 bridgehead atoms. The molecule has 0 aliphatic carbocycles. The van der Waals surface area contributed by atoms with E-state index < -0.39 is 11.8 Å². The Bertz CT molecular complexity index is 878. The molecule has 0 atom stereocenters. The summed E-state index contributed by atoms with van der Waals surface area (Å²) in [6.45, 7) is 2.84. The minimum atomic E-state index is -1.59. The lowest BCUT2D eigenvalue weighted by atomic mass is 10.0. The van der Waals surface area contributed by atoms with E-state index in [-0.39, 0.29) is 6.03 Å². The van der Waals surface area contributed by atoms with Gasteiger partial charge in [-0.3, -0.25) is 4.90 Å². The molecule has 0 saturated carbocycles. The van der Waals surface area contributed by atoms with Crippen LogP contribution in [0, 0.1) is 0 Å². The highest BCUT2D eigenvalue weighted by atomic mass is 19.1. The Morgan fingerprint density at radius 2 is 1.73 bits per heavy atom. The van der Waals surface area contributed by atoms with Crippen LogP contribution in [0.15, 0.2) is 54.4 Å². The van der Waals surface area contributed by atoms with Gasteiger partial charge in [-0.05, 0) is 41.3 Å².